The van der Waals surface area contributed by atoms with E-state index in [4.69, 9.17) is 4.84 Å². The summed E-state index contributed by atoms with van der Waals surface area (Å²) in [6, 6.07) is 1.53. The number of nitrogens with zero attached hydrogens (tertiary/aromatic N) is 1. The van der Waals surface area contributed by atoms with Crippen molar-refractivity contribution >= 4 is 11.6 Å². The molecular weight excluding hydrogens is 182 g/mol. The lowest BCUT2D eigenvalue weighted by Crippen LogP contribution is -2.31. The molecule has 1 aromatic heterocycles. The van der Waals surface area contributed by atoms with Gasteiger partial charge in [-0.25, -0.2) is 5.48 Å². The Morgan fingerprint density at radius 1 is 1.71 bits per heavy atom. The minimum absolute atomic E-state index is 0.138. The van der Waals surface area contributed by atoms with Gasteiger partial charge < -0.3 is 5.32 Å². The first-order valence-electron chi connectivity index (χ1n) is 4.36. The number of aromatic nitrogens is 1. The highest BCUT2D eigenvalue weighted by Crippen LogP contribution is 2.14. The van der Waals surface area contributed by atoms with E-state index in [0.717, 1.165) is 11.3 Å². The average Bonchev–Trinajstić information content (AvgIpc) is 2.56. The number of pyridine rings is 1. The molecule has 1 aromatic rings. The quantitative estimate of drug-likeness (QED) is 0.705. The molecule has 5 nitrogen and oxygen atoms in total. The number of hydrogen-bond acceptors (Lipinski definition) is 4. The number of carbonyl (C=O) groups is 1. The van der Waals surface area contributed by atoms with Crippen LogP contribution < -0.4 is 10.8 Å². The highest BCUT2D eigenvalue weighted by molar-refractivity contribution is 5.85. The zero-order chi connectivity index (χ0) is 9.97. The van der Waals surface area contributed by atoms with Crippen LogP contribution in [0.2, 0.25) is 0 Å². The largest absolute Gasteiger partial charge is 0.371 e. The standard InChI is InChI=1S/C9H11N3O2/c1-6-4-10-3-2-7(6)11-8-5-14-12-9(8)13/h2-4,8H,5H2,1H3,(H,10,11)(H,12,13). The van der Waals surface area contributed by atoms with Crippen molar-refractivity contribution in [2.75, 3.05) is 11.9 Å². The van der Waals surface area contributed by atoms with Crippen LogP contribution in [0.4, 0.5) is 5.69 Å². The molecule has 0 saturated carbocycles. The molecule has 1 fully saturated rings. The second-order valence-electron chi connectivity index (χ2n) is 3.16. The molecule has 0 aromatic carbocycles. The molecule has 1 aliphatic heterocycles. The molecule has 0 radical (unpaired) electrons. The van der Waals surface area contributed by atoms with Gasteiger partial charge in [-0.05, 0) is 18.6 Å². The van der Waals surface area contributed by atoms with Crippen molar-refractivity contribution < 1.29 is 9.63 Å². The predicted molar refractivity (Wildman–Crippen MR) is 50.5 cm³/mol. The molecule has 0 spiro atoms. The van der Waals surface area contributed by atoms with Crippen LogP contribution in [0.5, 0.6) is 0 Å². The van der Waals surface area contributed by atoms with Crippen LogP contribution in [0.1, 0.15) is 5.56 Å². The number of amides is 1. The smallest absolute Gasteiger partial charge is 0.268 e. The van der Waals surface area contributed by atoms with E-state index < -0.39 is 0 Å². The van der Waals surface area contributed by atoms with Crippen molar-refractivity contribution in [3.8, 4) is 0 Å². The zero-order valence-electron chi connectivity index (χ0n) is 7.78. The maximum Gasteiger partial charge on any atom is 0.268 e. The summed E-state index contributed by atoms with van der Waals surface area (Å²) in [6.45, 7) is 2.28. The summed E-state index contributed by atoms with van der Waals surface area (Å²) in [5.74, 6) is -0.138. The summed E-state index contributed by atoms with van der Waals surface area (Å²) in [4.78, 5) is 19.9. The first kappa shape index (κ1) is 8.96. The van der Waals surface area contributed by atoms with E-state index in [2.05, 4.69) is 15.8 Å². The molecule has 1 unspecified atom stereocenters. The number of hydrogen-bond donors (Lipinski definition) is 2. The van der Waals surface area contributed by atoms with Crippen LogP contribution in [0.15, 0.2) is 18.5 Å². The first-order chi connectivity index (χ1) is 6.77. The Kier molecular flexibility index (Phi) is 2.32. The Morgan fingerprint density at radius 3 is 3.21 bits per heavy atom. The third-order valence-electron chi connectivity index (χ3n) is 2.09. The summed E-state index contributed by atoms with van der Waals surface area (Å²) >= 11 is 0. The van der Waals surface area contributed by atoms with E-state index in [1.165, 1.54) is 0 Å². The zero-order valence-corrected chi connectivity index (χ0v) is 7.78. The molecular formula is C9H11N3O2. The lowest BCUT2D eigenvalue weighted by Gasteiger charge is -2.11. The van der Waals surface area contributed by atoms with E-state index in [9.17, 15) is 4.79 Å². The van der Waals surface area contributed by atoms with E-state index in [0.29, 0.717) is 6.61 Å². The second-order valence-corrected chi connectivity index (χ2v) is 3.16. The molecule has 0 bridgehead atoms. The number of aryl methyl sites for hydroxylation is 1. The highest BCUT2D eigenvalue weighted by Gasteiger charge is 2.25. The molecule has 14 heavy (non-hydrogen) atoms. The van der Waals surface area contributed by atoms with Gasteiger partial charge in [0.1, 0.15) is 12.6 Å². The highest BCUT2D eigenvalue weighted by atomic mass is 16.7. The minimum Gasteiger partial charge on any atom is -0.371 e. The van der Waals surface area contributed by atoms with Crippen molar-refractivity contribution in [3.05, 3.63) is 24.0 Å². The third-order valence-corrected chi connectivity index (χ3v) is 2.09. The Morgan fingerprint density at radius 2 is 2.57 bits per heavy atom. The van der Waals surface area contributed by atoms with Crippen LogP contribution in [0, 0.1) is 6.92 Å². The van der Waals surface area contributed by atoms with Gasteiger partial charge in [0.2, 0.25) is 0 Å². The molecule has 2 heterocycles. The predicted octanol–water partition coefficient (Wildman–Crippen LogP) is 0.232. The summed E-state index contributed by atoms with van der Waals surface area (Å²) < 4.78 is 0. The van der Waals surface area contributed by atoms with Gasteiger partial charge in [-0.3, -0.25) is 14.6 Å². The van der Waals surface area contributed by atoms with Gasteiger partial charge in [0.25, 0.3) is 5.91 Å². The molecule has 1 amide bonds. The molecule has 2 rings (SSSR count). The number of carbonyl (C=O) groups excluding carboxylic acids is 1. The van der Waals surface area contributed by atoms with Crippen molar-refractivity contribution in [2.45, 2.75) is 13.0 Å². The fraction of sp³-hybridized carbons (Fsp3) is 0.333. The summed E-state index contributed by atoms with van der Waals surface area (Å²) in [5.41, 5.74) is 4.21. The maximum atomic E-state index is 11.2. The third kappa shape index (κ3) is 1.67. The van der Waals surface area contributed by atoms with Gasteiger partial charge in [-0.2, -0.15) is 0 Å². The van der Waals surface area contributed by atoms with E-state index >= 15 is 0 Å². The van der Waals surface area contributed by atoms with Crippen molar-refractivity contribution in [3.63, 3.8) is 0 Å². The number of nitrogens with one attached hydrogen (secondary N) is 2. The normalized spacial score (nSPS) is 20.6. The first-order valence-corrected chi connectivity index (χ1v) is 4.36. The fourth-order valence-electron chi connectivity index (χ4n) is 1.27. The van der Waals surface area contributed by atoms with Crippen molar-refractivity contribution in [1.82, 2.24) is 10.5 Å². The van der Waals surface area contributed by atoms with Gasteiger partial charge in [-0.1, -0.05) is 0 Å². The summed E-state index contributed by atoms with van der Waals surface area (Å²) in [6.07, 6.45) is 3.43. The summed E-state index contributed by atoms with van der Waals surface area (Å²) in [7, 11) is 0. The van der Waals surface area contributed by atoms with E-state index in [1.807, 2.05) is 13.0 Å². The number of hydroxylamine groups is 1. The molecule has 1 aliphatic rings. The average molecular weight is 193 g/mol. The van der Waals surface area contributed by atoms with Gasteiger partial charge in [0.05, 0.1) is 0 Å². The van der Waals surface area contributed by atoms with Crippen LogP contribution in [-0.4, -0.2) is 23.5 Å². The van der Waals surface area contributed by atoms with Gasteiger partial charge in [0, 0.05) is 18.1 Å². The molecule has 0 aliphatic carbocycles. The van der Waals surface area contributed by atoms with Crippen LogP contribution in [0.3, 0.4) is 0 Å². The monoisotopic (exact) mass is 193 g/mol. The van der Waals surface area contributed by atoms with E-state index in [-0.39, 0.29) is 11.9 Å². The van der Waals surface area contributed by atoms with Crippen molar-refractivity contribution in [2.24, 2.45) is 0 Å². The second kappa shape index (κ2) is 3.63. The molecule has 1 saturated heterocycles. The Bertz CT molecular complexity index is 354. The minimum atomic E-state index is -0.309. The Hall–Kier alpha value is -1.62. The fourth-order valence-corrected chi connectivity index (χ4v) is 1.27. The number of rotatable bonds is 2. The van der Waals surface area contributed by atoms with Crippen LogP contribution in [0.25, 0.3) is 0 Å². The van der Waals surface area contributed by atoms with E-state index in [1.54, 1.807) is 12.4 Å². The van der Waals surface area contributed by atoms with Gasteiger partial charge in [-0.15, -0.1) is 0 Å². The number of anilines is 1. The molecule has 2 N–H and O–H groups in total. The Balaban J connectivity index is 2.10. The summed E-state index contributed by atoms with van der Waals surface area (Å²) in [5, 5.41) is 3.08. The molecule has 74 valence electrons. The van der Waals surface area contributed by atoms with Gasteiger partial charge >= 0.3 is 0 Å². The maximum absolute atomic E-state index is 11.2. The van der Waals surface area contributed by atoms with Gasteiger partial charge in [0.15, 0.2) is 0 Å². The van der Waals surface area contributed by atoms with Crippen LogP contribution in [-0.2, 0) is 9.63 Å². The Labute approximate surface area is 81.4 Å². The molecule has 1 atom stereocenters. The van der Waals surface area contributed by atoms with Crippen LogP contribution >= 0.6 is 0 Å². The topological polar surface area (TPSA) is 63.3 Å². The SMILES string of the molecule is Cc1cnccc1NC1CONC1=O. The van der Waals surface area contributed by atoms with Crippen molar-refractivity contribution in [1.29, 1.82) is 0 Å². The lowest BCUT2D eigenvalue weighted by atomic mass is 10.2. The lowest BCUT2D eigenvalue weighted by molar-refractivity contribution is -0.124. The molecule has 5 heteroatoms.